The van der Waals surface area contributed by atoms with E-state index in [0.717, 1.165) is 25.7 Å². The topological polar surface area (TPSA) is 107 Å². The van der Waals surface area contributed by atoms with E-state index in [-0.39, 0.29) is 24.2 Å². The van der Waals surface area contributed by atoms with Crippen LogP contribution in [0.2, 0.25) is 0 Å². The van der Waals surface area contributed by atoms with Gasteiger partial charge in [-0.2, -0.15) is 4.98 Å². The molecular formula is C11H20N4O2. The van der Waals surface area contributed by atoms with Gasteiger partial charge in [-0.1, -0.05) is 0 Å². The Labute approximate surface area is 100 Å². The van der Waals surface area contributed by atoms with Crippen molar-refractivity contribution in [3.05, 3.63) is 22.7 Å². The van der Waals surface area contributed by atoms with Gasteiger partial charge in [-0.15, -0.1) is 0 Å². The Morgan fingerprint density at radius 1 is 1.41 bits per heavy atom. The van der Waals surface area contributed by atoms with Gasteiger partial charge in [0.05, 0.1) is 0 Å². The van der Waals surface area contributed by atoms with Crippen LogP contribution in [0.1, 0.15) is 25.7 Å². The maximum atomic E-state index is 11.4. The Bertz CT molecular complexity index is 391. The number of hydrogen-bond donors (Lipinski definition) is 3. The van der Waals surface area contributed by atoms with Crippen LogP contribution in [0.3, 0.4) is 0 Å². The maximum Gasteiger partial charge on any atom is 0.349 e. The summed E-state index contributed by atoms with van der Waals surface area (Å²) in [7, 11) is 0. The predicted octanol–water partition coefficient (Wildman–Crippen LogP) is -0.294. The lowest BCUT2D eigenvalue weighted by atomic mass is 10.1. The first-order valence-electron chi connectivity index (χ1n) is 5.83. The smallest absolute Gasteiger partial charge is 0.349 e. The molecule has 6 nitrogen and oxygen atoms in total. The van der Waals surface area contributed by atoms with Crippen LogP contribution in [0.4, 0.5) is 5.82 Å². The van der Waals surface area contributed by atoms with Crippen molar-refractivity contribution in [2.45, 2.75) is 38.3 Å². The molecule has 1 aromatic heterocycles. The van der Waals surface area contributed by atoms with Crippen LogP contribution in [-0.4, -0.2) is 27.3 Å². The second kappa shape index (κ2) is 7.03. The SMILES string of the molecule is Nc1ccn(CCC[C@@H](N)CCCO)c(=O)n1. The predicted molar refractivity (Wildman–Crippen MR) is 66.4 cm³/mol. The largest absolute Gasteiger partial charge is 0.396 e. The van der Waals surface area contributed by atoms with Crippen LogP contribution in [0.5, 0.6) is 0 Å². The second-order valence-corrected chi connectivity index (χ2v) is 4.10. The molecule has 0 amide bonds. The number of anilines is 1. The lowest BCUT2D eigenvalue weighted by Crippen LogP contribution is -2.25. The van der Waals surface area contributed by atoms with Crippen molar-refractivity contribution in [1.82, 2.24) is 9.55 Å². The summed E-state index contributed by atoms with van der Waals surface area (Å²) >= 11 is 0. The van der Waals surface area contributed by atoms with Gasteiger partial charge in [0.1, 0.15) is 5.82 Å². The first kappa shape index (κ1) is 13.7. The van der Waals surface area contributed by atoms with Crippen LogP contribution < -0.4 is 17.2 Å². The maximum absolute atomic E-state index is 11.4. The first-order valence-corrected chi connectivity index (χ1v) is 5.83. The molecule has 96 valence electrons. The molecule has 0 fully saturated rings. The second-order valence-electron chi connectivity index (χ2n) is 4.10. The zero-order chi connectivity index (χ0) is 12.7. The minimum absolute atomic E-state index is 0.0830. The van der Waals surface area contributed by atoms with Gasteiger partial charge in [0, 0.05) is 25.4 Å². The van der Waals surface area contributed by atoms with E-state index in [1.165, 1.54) is 4.57 Å². The highest BCUT2D eigenvalue weighted by Gasteiger charge is 2.03. The molecule has 17 heavy (non-hydrogen) atoms. The summed E-state index contributed by atoms with van der Waals surface area (Å²) in [6.07, 6.45) is 4.83. The molecule has 0 saturated carbocycles. The zero-order valence-corrected chi connectivity index (χ0v) is 9.88. The Morgan fingerprint density at radius 2 is 2.12 bits per heavy atom. The van der Waals surface area contributed by atoms with Crippen LogP contribution in [-0.2, 0) is 6.54 Å². The lowest BCUT2D eigenvalue weighted by molar-refractivity contribution is 0.277. The number of aliphatic hydroxyl groups is 1. The molecule has 0 aliphatic heterocycles. The molecule has 0 radical (unpaired) electrons. The van der Waals surface area contributed by atoms with Gasteiger partial charge in [0.2, 0.25) is 0 Å². The van der Waals surface area contributed by atoms with Crippen molar-refractivity contribution in [3.63, 3.8) is 0 Å². The summed E-state index contributed by atoms with van der Waals surface area (Å²) in [5.74, 6) is 0.242. The van der Waals surface area contributed by atoms with Crippen LogP contribution >= 0.6 is 0 Å². The van der Waals surface area contributed by atoms with E-state index >= 15 is 0 Å². The Kier molecular flexibility index (Phi) is 5.65. The van der Waals surface area contributed by atoms with E-state index in [2.05, 4.69) is 4.98 Å². The van der Waals surface area contributed by atoms with Gasteiger partial charge in [-0.3, -0.25) is 4.57 Å². The van der Waals surface area contributed by atoms with Crippen molar-refractivity contribution in [2.75, 3.05) is 12.3 Å². The molecule has 0 bridgehead atoms. The number of nitrogen functional groups attached to an aromatic ring is 1. The third-order valence-electron chi connectivity index (χ3n) is 2.60. The third kappa shape index (κ3) is 4.97. The number of nitrogens with two attached hydrogens (primary N) is 2. The van der Waals surface area contributed by atoms with Crippen molar-refractivity contribution >= 4 is 5.82 Å². The molecule has 0 unspecified atom stereocenters. The van der Waals surface area contributed by atoms with E-state index in [0.29, 0.717) is 6.54 Å². The fourth-order valence-electron chi connectivity index (χ4n) is 1.63. The van der Waals surface area contributed by atoms with Crippen molar-refractivity contribution in [2.24, 2.45) is 5.73 Å². The van der Waals surface area contributed by atoms with Crippen LogP contribution in [0, 0.1) is 0 Å². The molecule has 5 N–H and O–H groups in total. The lowest BCUT2D eigenvalue weighted by Gasteiger charge is -2.11. The Balaban J connectivity index is 2.33. The molecule has 0 aromatic carbocycles. The number of aromatic nitrogens is 2. The number of nitrogens with zero attached hydrogens (tertiary/aromatic N) is 2. The van der Waals surface area contributed by atoms with Crippen LogP contribution in [0.15, 0.2) is 17.1 Å². The van der Waals surface area contributed by atoms with Crippen molar-refractivity contribution in [1.29, 1.82) is 0 Å². The van der Waals surface area contributed by atoms with Crippen LogP contribution in [0.25, 0.3) is 0 Å². The molecule has 1 heterocycles. The molecule has 0 aliphatic rings. The summed E-state index contributed by atoms with van der Waals surface area (Å²) in [6, 6.07) is 1.69. The average Bonchev–Trinajstić information content (AvgIpc) is 2.29. The number of hydrogen-bond acceptors (Lipinski definition) is 5. The fourth-order valence-corrected chi connectivity index (χ4v) is 1.63. The highest BCUT2D eigenvalue weighted by molar-refractivity contribution is 5.23. The summed E-state index contributed by atoms with van der Waals surface area (Å²) < 4.78 is 1.52. The fraction of sp³-hybridized carbons (Fsp3) is 0.636. The number of aryl methyl sites for hydroxylation is 1. The molecular weight excluding hydrogens is 220 g/mol. The van der Waals surface area contributed by atoms with Gasteiger partial charge in [0.25, 0.3) is 0 Å². The molecule has 1 atom stereocenters. The molecule has 0 spiro atoms. The number of aliphatic hydroxyl groups excluding tert-OH is 1. The monoisotopic (exact) mass is 240 g/mol. The van der Waals surface area contributed by atoms with Gasteiger partial charge < -0.3 is 16.6 Å². The van der Waals surface area contributed by atoms with E-state index in [4.69, 9.17) is 16.6 Å². The summed E-state index contributed by atoms with van der Waals surface area (Å²) in [6.45, 7) is 0.772. The summed E-state index contributed by atoms with van der Waals surface area (Å²) in [5, 5.41) is 8.66. The van der Waals surface area contributed by atoms with Gasteiger partial charge in [-0.25, -0.2) is 4.79 Å². The minimum Gasteiger partial charge on any atom is -0.396 e. The molecule has 1 rings (SSSR count). The summed E-state index contributed by atoms with van der Waals surface area (Å²) in [4.78, 5) is 15.0. The zero-order valence-electron chi connectivity index (χ0n) is 9.88. The number of rotatable bonds is 7. The van der Waals surface area contributed by atoms with E-state index < -0.39 is 0 Å². The van der Waals surface area contributed by atoms with Gasteiger partial charge >= 0.3 is 5.69 Å². The quantitative estimate of drug-likeness (QED) is 0.607. The highest BCUT2D eigenvalue weighted by atomic mass is 16.2. The highest BCUT2D eigenvalue weighted by Crippen LogP contribution is 2.03. The minimum atomic E-state index is -0.325. The van der Waals surface area contributed by atoms with E-state index in [1.807, 2.05) is 0 Å². The molecule has 6 heteroatoms. The Hall–Kier alpha value is -1.40. The summed E-state index contributed by atoms with van der Waals surface area (Å²) in [5.41, 5.74) is 10.9. The van der Waals surface area contributed by atoms with Gasteiger partial charge in [0.15, 0.2) is 0 Å². The average molecular weight is 240 g/mol. The third-order valence-corrected chi connectivity index (χ3v) is 2.60. The van der Waals surface area contributed by atoms with E-state index in [9.17, 15) is 4.79 Å². The molecule has 1 aromatic rings. The van der Waals surface area contributed by atoms with Crippen molar-refractivity contribution < 1.29 is 5.11 Å². The van der Waals surface area contributed by atoms with Gasteiger partial charge in [-0.05, 0) is 31.7 Å². The standard InChI is InChI=1S/C11H20N4O2/c12-9(4-2-8-16)3-1-6-15-7-5-10(13)14-11(15)17/h5,7,9,16H,1-4,6,8,12H2,(H2,13,14,17)/t9-/m1/s1. The van der Waals surface area contributed by atoms with Crippen molar-refractivity contribution in [3.8, 4) is 0 Å². The van der Waals surface area contributed by atoms with E-state index in [1.54, 1.807) is 12.3 Å². The first-order chi connectivity index (χ1) is 8.13. The Morgan fingerprint density at radius 3 is 2.76 bits per heavy atom. The molecule has 0 aliphatic carbocycles. The molecule has 0 saturated heterocycles. The normalized spacial score (nSPS) is 12.6.